The van der Waals surface area contributed by atoms with Gasteiger partial charge in [-0.15, -0.1) is 0 Å². The van der Waals surface area contributed by atoms with Gasteiger partial charge in [-0.05, 0) is 49.7 Å². The molecular formula is C29H39NO5. The SMILES string of the molecule is CC1C/C=C/C2C(OC(=O)/C=C/C(O)CCC1)C(C(Cc1ccccc1)NC=O)C(C)C1(C)OC21. The lowest BCUT2D eigenvalue weighted by molar-refractivity contribution is -0.153. The molecule has 1 saturated carbocycles. The summed E-state index contributed by atoms with van der Waals surface area (Å²) < 4.78 is 12.4. The Kier molecular flexibility index (Phi) is 8.12. The van der Waals surface area contributed by atoms with E-state index in [1.54, 1.807) is 0 Å². The highest BCUT2D eigenvalue weighted by Gasteiger charge is 2.68. The second-order valence-electron chi connectivity index (χ2n) is 10.8. The molecule has 1 saturated heterocycles. The smallest absolute Gasteiger partial charge is 0.330 e. The predicted molar refractivity (Wildman–Crippen MR) is 134 cm³/mol. The quantitative estimate of drug-likeness (QED) is 0.287. The van der Waals surface area contributed by atoms with Crippen LogP contribution >= 0.6 is 0 Å². The van der Waals surface area contributed by atoms with Gasteiger partial charge in [0.25, 0.3) is 0 Å². The molecule has 1 amide bonds. The number of aliphatic hydroxyl groups is 1. The van der Waals surface area contributed by atoms with Crippen molar-refractivity contribution in [3.63, 3.8) is 0 Å². The fraction of sp³-hybridized carbons (Fsp3) is 0.586. The van der Waals surface area contributed by atoms with Crippen molar-refractivity contribution in [1.82, 2.24) is 5.32 Å². The number of aliphatic hydroxyl groups excluding tert-OH is 1. The molecule has 1 aliphatic carbocycles. The summed E-state index contributed by atoms with van der Waals surface area (Å²) in [6, 6.07) is 9.82. The van der Waals surface area contributed by atoms with Gasteiger partial charge < -0.3 is 19.9 Å². The minimum absolute atomic E-state index is 0.0332. The molecule has 9 atom stereocenters. The number of hydrogen-bond acceptors (Lipinski definition) is 5. The third-order valence-electron chi connectivity index (χ3n) is 8.32. The van der Waals surface area contributed by atoms with Crippen LogP contribution in [0.4, 0.5) is 0 Å². The Hall–Kier alpha value is -2.44. The highest BCUT2D eigenvalue weighted by atomic mass is 16.6. The molecule has 35 heavy (non-hydrogen) atoms. The molecule has 4 rings (SSSR count). The summed E-state index contributed by atoms with van der Waals surface area (Å²) >= 11 is 0. The Morgan fingerprint density at radius 1 is 1.20 bits per heavy atom. The summed E-state index contributed by atoms with van der Waals surface area (Å²) in [4.78, 5) is 24.6. The maximum Gasteiger partial charge on any atom is 0.330 e. The Labute approximate surface area is 208 Å². The Morgan fingerprint density at radius 3 is 2.71 bits per heavy atom. The van der Waals surface area contributed by atoms with Gasteiger partial charge in [-0.1, -0.05) is 69.2 Å². The van der Waals surface area contributed by atoms with E-state index in [2.05, 4.69) is 38.2 Å². The Bertz CT molecular complexity index is 930. The number of benzene rings is 1. The topological polar surface area (TPSA) is 88.2 Å². The van der Waals surface area contributed by atoms with E-state index in [9.17, 15) is 14.7 Å². The summed E-state index contributed by atoms with van der Waals surface area (Å²) in [5, 5.41) is 13.3. The largest absolute Gasteiger partial charge is 0.458 e. The second-order valence-corrected chi connectivity index (χ2v) is 10.8. The van der Waals surface area contributed by atoms with Crippen LogP contribution in [-0.2, 0) is 25.5 Å². The minimum atomic E-state index is -0.664. The number of fused-ring (bicyclic) bond motifs is 3. The van der Waals surface area contributed by atoms with Crippen LogP contribution in [0.1, 0.15) is 52.0 Å². The van der Waals surface area contributed by atoms with Gasteiger partial charge in [-0.25, -0.2) is 4.79 Å². The van der Waals surface area contributed by atoms with Gasteiger partial charge in [0.05, 0.1) is 17.8 Å². The average molecular weight is 482 g/mol. The van der Waals surface area contributed by atoms with Crippen LogP contribution in [-0.4, -0.2) is 47.4 Å². The highest BCUT2D eigenvalue weighted by Crippen LogP contribution is 2.57. The first-order chi connectivity index (χ1) is 16.8. The lowest BCUT2D eigenvalue weighted by Gasteiger charge is -2.44. The monoisotopic (exact) mass is 481 g/mol. The molecule has 190 valence electrons. The molecule has 0 aromatic heterocycles. The van der Waals surface area contributed by atoms with Crippen molar-refractivity contribution in [2.24, 2.45) is 23.7 Å². The predicted octanol–water partition coefficient (Wildman–Crippen LogP) is 3.98. The highest BCUT2D eigenvalue weighted by molar-refractivity contribution is 5.82. The number of epoxide rings is 1. The number of carbonyl (C=O) groups excluding carboxylic acids is 2. The summed E-state index contributed by atoms with van der Waals surface area (Å²) in [5.74, 6) is -0.164. The number of hydrogen-bond donors (Lipinski definition) is 2. The second kappa shape index (κ2) is 11.1. The fourth-order valence-electron chi connectivity index (χ4n) is 6.09. The molecule has 2 fully saturated rings. The number of rotatable bonds is 5. The van der Waals surface area contributed by atoms with Crippen LogP contribution in [0, 0.1) is 23.7 Å². The standard InChI is InChI=1S/C29H39NO5/c1-19-9-7-13-22(32)15-16-25(33)34-27-23(14-8-10-19)28-29(3,35-28)20(2)26(27)24(30-18-31)17-21-11-5-4-6-12-21/h4-6,8,11-12,14-16,18-20,22-24,26-28,32H,7,9-10,13,17H2,1-3H3,(H,30,31)/b14-8+,16-15+. The zero-order valence-electron chi connectivity index (χ0n) is 21.0. The van der Waals surface area contributed by atoms with Crippen molar-refractivity contribution in [2.75, 3.05) is 0 Å². The van der Waals surface area contributed by atoms with Gasteiger partial charge in [0.2, 0.25) is 6.41 Å². The molecule has 9 unspecified atom stereocenters. The van der Waals surface area contributed by atoms with Crippen LogP contribution in [0.5, 0.6) is 0 Å². The van der Waals surface area contributed by atoms with E-state index in [1.165, 1.54) is 12.2 Å². The zero-order chi connectivity index (χ0) is 25.0. The number of amides is 1. The van der Waals surface area contributed by atoms with Crippen LogP contribution < -0.4 is 5.32 Å². The van der Waals surface area contributed by atoms with E-state index in [4.69, 9.17) is 9.47 Å². The van der Waals surface area contributed by atoms with Gasteiger partial charge in [0.1, 0.15) is 6.10 Å². The summed E-state index contributed by atoms with van der Waals surface area (Å²) in [7, 11) is 0. The van der Waals surface area contributed by atoms with Gasteiger partial charge in [0.15, 0.2) is 0 Å². The molecule has 0 bridgehead atoms. The summed E-state index contributed by atoms with van der Waals surface area (Å²) in [6.45, 7) is 6.49. The lowest BCUT2D eigenvalue weighted by atomic mass is 9.64. The number of esters is 1. The molecular weight excluding hydrogens is 442 g/mol. The van der Waals surface area contributed by atoms with E-state index in [1.807, 2.05) is 30.3 Å². The first-order valence-corrected chi connectivity index (χ1v) is 13.0. The summed E-state index contributed by atoms with van der Waals surface area (Å²) in [6.07, 6.45) is 11.0. The zero-order valence-corrected chi connectivity index (χ0v) is 21.0. The summed E-state index contributed by atoms with van der Waals surface area (Å²) in [5.41, 5.74) is 0.782. The first-order valence-electron chi connectivity index (χ1n) is 13.0. The van der Waals surface area contributed by atoms with Crippen LogP contribution in [0.15, 0.2) is 54.6 Å². The van der Waals surface area contributed by atoms with Crippen molar-refractivity contribution in [3.8, 4) is 0 Å². The van der Waals surface area contributed by atoms with Gasteiger partial charge >= 0.3 is 5.97 Å². The average Bonchev–Trinajstić information content (AvgIpc) is 3.53. The van der Waals surface area contributed by atoms with Crippen molar-refractivity contribution < 1.29 is 24.2 Å². The molecule has 0 radical (unpaired) electrons. The third-order valence-corrected chi connectivity index (χ3v) is 8.32. The molecule has 6 heteroatoms. The molecule has 0 spiro atoms. The Balaban J connectivity index is 1.69. The van der Waals surface area contributed by atoms with Gasteiger partial charge in [-0.2, -0.15) is 0 Å². The fourth-order valence-corrected chi connectivity index (χ4v) is 6.09. The van der Waals surface area contributed by atoms with Gasteiger partial charge in [-0.3, -0.25) is 4.79 Å². The van der Waals surface area contributed by atoms with E-state index < -0.39 is 18.2 Å². The number of carbonyl (C=O) groups is 2. The van der Waals surface area contributed by atoms with Crippen LogP contribution in [0.2, 0.25) is 0 Å². The molecule has 2 heterocycles. The van der Waals surface area contributed by atoms with Crippen molar-refractivity contribution in [1.29, 1.82) is 0 Å². The molecule has 2 aliphatic heterocycles. The maximum atomic E-state index is 12.9. The van der Waals surface area contributed by atoms with Crippen LogP contribution in [0.3, 0.4) is 0 Å². The normalized spacial score (nSPS) is 40.1. The van der Waals surface area contributed by atoms with E-state index >= 15 is 0 Å². The maximum absolute atomic E-state index is 12.9. The molecule has 6 nitrogen and oxygen atoms in total. The minimum Gasteiger partial charge on any atom is -0.458 e. The number of nitrogens with one attached hydrogen (secondary N) is 1. The van der Waals surface area contributed by atoms with Gasteiger partial charge in [0, 0.05) is 24.0 Å². The Morgan fingerprint density at radius 2 is 1.97 bits per heavy atom. The van der Waals surface area contributed by atoms with Crippen molar-refractivity contribution >= 4 is 12.4 Å². The van der Waals surface area contributed by atoms with E-state index in [0.717, 1.165) is 31.2 Å². The molecule has 1 aromatic rings. The van der Waals surface area contributed by atoms with Crippen molar-refractivity contribution in [3.05, 3.63) is 60.2 Å². The molecule has 1 aromatic carbocycles. The molecule has 3 aliphatic rings. The third kappa shape index (κ3) is 5.87. The van der Waals surface area contributed by atoms with E-state index in [-0.39, 0.29) is 35.5 Å². The van der Waals surface area contributed by atoms with Crippen LogP contribution in [0.25, 0.3) is 0 Å². The lowest BCUT2D eigenvalue weighted by Crippen LogP contribution is -2.56. The number of allylic oxidation sites excluding steroid dienone is 1. The molecule has 2 N–H and O–H groups in total. The first kappa shape index (κ1) is 25.6. The van der Waals surface area contributed by atoms with Crippen molar-refractivity contribution in [2.45, 2.75) is 82.8 Å². The number of ether oxygens (including phenoxy) is 2. The van der Waals surface area contributed by atoms with E-state index in [0.29, 0.717) is 18.8 Å².